The number of benzene rings is 1. The molecule has 0 unspecified atom stereocenters. The third kappa shape index (κ3) is 5.43. The Bertz CT molecular complexity index is 435. The molecule has 1 aromatic rings. The molecular formula is C13H15NO2S. The van der Waals surface area contributed by atoms with Crippen LogP contribution in [0.5, 0.6) is 0 Å². The van der Waals surface area contributed by atoms with Crippen LogP contribution in [0.3, 0.4) is 0 Å². The van der Waals surface area contributed by atoms with Gasteiger partial charge in [-0.05, 0) is 24.0 Å². The van der Waals surface area contributed by atoms with Crippen molar-refractivity contribution in [3.63, 3.8) is 0 Å². The van der Waals surface area contributed by atoms with E-state index in [0.29, 0.717) is 12.3 Å². The van der Waals surface area contributed by atoms with Gasteiger partial charge in [-0.2, -0.15) is 11.8 Å². The summed E-state index contributed by atoms with van der Waals surface area (Å²) in [6.45, 7) is 0.364. The summed E-state index contributed by atoms with van der Waals surface area (Å²) in [5.41, 5.74) is 1.85. The Morgan fingerprint density at radius 1 is 1.53 bits per heavy atom. The zero-order chi connectivity index (χ0) is 12.5. The first-order valence-corrected chi connectivity index (χ1v) is 6.60. The number of hydrogen-bond donors (Lipinski definition) is 2. The van der Waals surface area contributed by atoms with Crippen molar-refractivity contribution in [2.24, 2.45) is 0 Å². The predicted molar refractivity (Wildman–Crippen MR) is 70.6 cm³/mol. The molecule has 17 heavy (non-hydrogen) atoms. The van der Waals surface area contributed by atoms with Gasteiger partial charge in [0.05, 0.1) is 5.75 Å². The minimum atomic E-state index is -0.144. The monoisotopic (exact) mass is 249 g/mol. The van der Waals surface area contributed by atoms with Crippen LogP contribution in [0, 0.1) is 11.8 Å². The standard InChI is InChI=1S/C13H15NO2S/c1-17-10-13(16)14-9-12-5-2-4-11(8-12)6-3-7-15/h2,4-5,8,15H,7,9-10H2,1H3,(H,14,16). The molecule has 0 saturated carbocycles. The Balaban J connectivity index is 2.57. The quantitative estimate of drug-likeness (QED) is 0.783. The van der Waals surface area contributed by atoms with Gasteiger partial charge in [0, 0.05) is 12.1 Å². The zero-order valence-electron chi connectivity index (χ0n) is 9.69. The molecule has 0 spiro atoms. The fourth-order valence-electron chi connectivity index (χ4n) is 1.28. The smallest absolute Gasteiger partial charge is 0.230 e. The average molecular weight is 249 g/mol. The summed E-state index contributed by atoms with van der Waals surface area (Å²) in [7, 11) is 0. The maximum Gasteiger partial charge on any atom is 0.230 e. The topological polar surface area (TPSA) is 49.3 Å². The molecule has 0 aliphatic heterocycles. The second-order valence-electron chi connectivity index (χ2n) is 3.37. The van der Waals surface area contributed by atoms with Crippen LogP contribution < -0.4 is 5.32 Å². The van der Waals surface area contributed by atoms with Gasteiger partial charge in [-0.15, -0.1) is 0 Å². The van der Waals surface area contributed by atoms with E-state index in [2.05, 4.69) is 17.2 Å². The predicted octanol–water partition coefficient (Wildman–Crippen LogP) is 1.01. The Labute approximate surface area is 106 Å². The largest absolute Gasteiger partial charge is 0.384 e. The first-order chi connectivity index (χ1) is 8.26. The second kappa shape index (κ2) is 7.77. The third-order valence-electron chi connectivity index (χ3n) is 2.00. The van der Waals surface area contributed by atoms with E-state index in [9.17, 15) is 4.79 Å². The van der Waals surface area contributed by atoms with Crippen molar-refractivity contribution in [1.29, 1.82) is 0 Å². The molecule has 0 aliphatic carbocycles. The summed E-state index contributed by atoms with van der Waals surface area (Å²) in [5, 5.41) is 11.4. The van der Waals surface area contributed by atoms with Crippen LogP contribution in [-0.4, -0.2) is 29.6 Å². The van der Waals surface area contributed by atoms with Gasteiger partial charge in [-0.3, -0.25) is 4.79 Å². The molecule has 1 amide bonds. The van der Waals surface area contributed by atoms with Crippen molar-refractivity contribution in [2.45, 2.75) is 6.54 Å². The Morgan fingerprint density at radius 2 is 2.35 bits per heavy atom. The molecular weight excluding hydrogens is 234 g/mol. The van der Waals surface area contributed by atoms with Crippen molar-refractivity contribution in [2.75, 3.05) is 18.6 Å². The summed E-state index contributed by atoms with van der Waals surface area (Å²) in [6.07, 6.45) is 1.89. The number of aliphatic hydroxyl groups is 1. The van der Waals surface area contributed by atoms with Gasteiger partial charge in [0.25, 0.3) is 0 Å². The number of aliphatic hydroxyl groups excluding tert-OH is 1. The highest BCUT2D eigenvalue weighted by molar-refractivity contribution is 7.99. The summed E-state index contributed by atoms with van der Waals surface area (Å²) < 4.78 is 0. The van der Waals surface area contributed by atoms with Crippen LogP contribution in [0.25, 0.3) is 0 Å². The fraction of sp³-hybridized carbons (Fsp3) is 0.308. The molecule has 4 heteroatoms. The number of thioether (sulfide) groups is 1. The first-order valence-electron chi connectivity index (χ1n) is 5.20. The molecule has 0 heterocycles. The number of carbonyl (C=O) groups excluding carboxylic acids is 1. The minimum absolute atomic E-state index is 0.0318. The summed E-state index contributed by atoms with van der Waals surface area (Å²) in [6, 6.07) is 7.60. The summed E-state index contributed by atoms with van der Waals surface area (Å²) in [4.78, 5) is 11.3. The van der Waals surface area contributed by atoms with Gasteiger partial charge >= 0.3 is 0 Å². The highest BCUT2D eigenvalue weighted by Crippen LogP contribution is 2.04. The van der Waals surface area contributed by atoms with Crippen molar-refractivity contribution in [1.82, 2.24) is 5.32 Å². The molecule has 90 valence electrons. The highest BCUT2D eigenvalue weighted by Gasteiger charge is 1.99. The van der Waals surface area contributed by atoms with Crippen LogP contribution in [0.1, 0.15) is 11.1 Å². The SMILES string of the molecule is CSCC(=O)NCc1cccc(C#CCO)c1. The first kappa shape index (κ1) is 13.6. The van der Waals surface area contributed by atoms with E-state index in [1.54, 1.807) is 0 Å². The van der Waals surface area contributed by atoms with Crippen molar-refractivity contribution < 1.29 is 9.90 Å². The maximum absolute atomic E-state index is 11.3. The van der Waals surface area contributed by atoms with Gasteiger partial charge in [0.1, 0.15) is 6.61 Å². The molecule has 1 aromatic carbocycles. The van der Waals surface area contributed by atoms with E-state index in [1.165, 1.54) is 11.8 Å². The van der Waals surface area contributed by atoms with Crippen LogP contribution in [0.2, 0.25) is 0 Å². The molecule has 3 nitrogen and oxygen atoms in total. The van der Waals surface area contributed by atoms with Crippen molar-refractivity contribution in [3.05, 3.63) is 35.4 Å². The lowest BCUT2D eigenvalue weighted by Gasteiger charge is -2.04. The molecule has 0 aromatic heterocycles. The van der Waals surface area contributed by atoms with Gasteiger partial charge in [-0.25, -0.2) is 0 Å². The summed E-state index contributed by atoms with van der Waals surface area (Å²) >= 11 is 1.50. The lowest BCUT2D eigenvalue weighted by Crippen LogP contribution is -2.24. The molecule has 0 bridgehead atoms. The average Bonchev–Trinajstić information content (AvgIpc) is 2.35. The Hall–Kier alpha value is -1.44. The van der Waals surface area contributed by atoms with Gasteiger partial charge in [0.15, 0.2) is 0 Å². The highest BCUT2D eigenvalue weighted by atomic mass is 32.2. The normalized spacial score (nSPS) is 9.29. The van der Waals surface area contributed by atoms with Gasteiger partial charge in [-0.1, -0.05) is 24.0 Å². The van der Waals surface area contributed by atoms with Gasteiger partial charge < -0.3 is 10.4 Å². The maximum atomic E-state index is 11.3. The van der Waals surface area contributed by atoms with Crippen LogP contribution in [0.15, 0.2) is 24.3 Å². The third-order valence-corrected chi connectivity index (χ3v) is 2.55. The van der Waals surface area contributed by atoms with E-state index in [-0.39, 0.29) is 12.5 Å². The lowest BCUT2D eigenvalue weighted by molar-refractivity contribution is -0.118. The van der Waals surface area contributed by atoms with Gasteiger partial charge in [0.2, 0.25) is 5.91 Å². The molecule has 0 radical (unpaired) electrons. The van der Waals surface area contributed by atoms with Crippen molar-refractivity contribution >= 4 is 17.7 Å². The fourth-order valence-corrected chi connectivity index (χ4v) is 1.65. The number of rotatable bonds is 4. The van der Waals surface area contributed by atoms with Crippen molar-refractivity contribution in [3.8, 4) is 11.8 Å². The summed E-state index contributed by atoms with van der Waals surface area (Å²) in [5.74, 6) is 5.93. The molecule has 2 N–H and O–H groups in total. The molecule has 0 aliphatic rings. The van der Waals surface area contributed by atoms with Crippen LogP contribution in [0.4, 0.5) is 0 Å². The zero-order valence-corrected chi connectivity index (χ0v) is 10.5. The number of amides is 1. The molecule has 0 saturated heterocycles. The van der Waals surface area contributed by atoms with Crippen LogP contribution in [-0.2, 0) is 11.3 Å². The molecule has 0 atom stereocenters. The minimum Gasteiger partial charge on any atom is -0.384 e. The van der Waals surface area contributed by atoms with Crippen LogP contribution >= 0.6 is 11.8 Å². The molecule has 1 rings (SSSR count). The van der Waals surface area contributed by atoms with E-state index in [0.717, 1.165) is 11.1 Å². The van der Waals surface area contributed by atoms with E-state index >= 15 is 0 Å². The van der Waals surface area contributed by atoms with E-state index in [4.69, 9.17) is 5.11 Å². The van der Waals surface area contributed by atoms with E-state index in [1.807, 2.05) is 30.5 Å². The lowest BCUT2D eigenvalue weighted by atomic mass is 10.1. The Kier molecular flexibility index (Phi) is 6.23. The number of hydrogen-bond acceptors (Lipinski definition) is 3. The van der Waals surface area contributed by atoms with E-state index < -0.39 is 0 Å². The Morgan fingerprint density at radius 3 is 3.06 bits per heavy atom. The number of carbonyl (C=O) groups is 1. The molecule has 0 fully saturated rings. The number of nitrogens with one attached hydrogen (secondary N) is 1. The second-order valence-corrected chi connectivity index (χ2v) is 4.24.